The van der Waals surface area contributed by atoms with Crippen LogP contribution in [0.1, 0.15) is 32.6 Å². The Bertz CT molecular complexity index is 838. The summed E-state index contributed by atoms with van der Waals surface area (Å²) in [6.07, 6.45) is 11.0. The third kappa shape index (κ3) is 5.18. The number of rotatable bonds is 6. The van der Waals surface area contributed by atoms with Crippen LogP contribution in [0.3, 0.4) is 0 Å². The van der Waals surface area contributed by atoms with Crippen molar-refractivity contribution in [1.82, 2.24) is 4.90 Å². The number of piperidine rings is 1. The van der Waals surface area contributed by atoms with Gasteiger partial charge >= 0.3 is 176 Å². The minimum atomic E-state index is -0.628. The fourth-order valence-corrected chi connectivity index (χ4v) is 6.27. The molecule has 2 saturated heterocycles. The second-order valence-corrected chi connectivity index (χ2v) is 11.8. The van der Waals surface area contributed by atoms with Gasteiger partial charge in [0.15, 0.2) is 0 Å². The van der Waals surface area contributed by atoms with Gasteiger partial charge in [-0.15, -0.1) is 0 Å². The summed E-state index contributed by atoms with van der Waals surface area (Å²) >= 11 is -0.0378. The molecule has 1 aliphatic carbocycles. The Labute approximate surface area is 182 Å². The average Bonchev–Trinajstić information content (AvgIpc) is 3.47. The van der Waals surface area contributed by atoms with Gasteiger partial charge in [-0.1, -0.05) is 0 Å². The Hall–Kier alpha value is -1.89. The van der Waals surface area contributed by atoms with Crippen LogP contribution in [0, 0.1) is 36.2 Å². The Morgan fingerprint density at radius 3 is 2.66 bits per heavy atom. The number of hydrogen-bond donors (Lipinski definition) is 1. The molecule has 0 saturated carbocycles. The SMILES string of the molecule is C#CC(C(N=CN1CCC([N+]#C)CC1)C1=CC(F)=C(C#N)CC1)C(O)C1[I-]C1C. The molecule has 2 fully saturated rings. The van der Waals surface area contributed by atoms with Crippen molar-refractivity contribution in [2.24, 2.45) is 10.9 Å². The average molecular weight is 508 g/mol. The van der Waals surface area contributed by atoms with Gasteiger partial charge in [-0.3, -0.25) is 0 Å². The minimum absolute atomic E-state index is 0.0378. The van der Waals surface area contributed by atoms with Crippen molar-refractivity contribution in [3.8, 4) is 25.0 Å². The Morgan fingerprint density at radius 1 is 1.45 bits per heavy atom. The van der Waals surface area contributed by atoms with Crippen molar-refractivity contribution in [3.05, 3.63) is 27.9 Å². The first-order chi connectivity index (χ1) is 14.0. The third-order valence-corrected chi connectivity index (χ3v) is 9.55. The van der Waals surface area contributed by atoms with E-state index in [4.69, 9.17) is 23.2 Å². The number of aliphatic hydroxyl groups is 1. The van der Waals surface area contributed by atoms with Gasteiger partial charge in [-0.05, 0) is 0 Å². The van der Waals surface area contributed by atoms with Crippen molar-refractivity contribution < 1.29 is 30.7 Å². The third-order valence-electron chi connectivity index (χ3n) is 5.82. The molecular formula is C22H26FIN4O. The quantitative estimate of drug-likeness (QED) is 0.177. The zero-order chi connectivity index (χ0) is 21.0. The summed E-state index contributed by atoms with van der Waals surface area (Å²) in [5.41, 5.74) is 0.904. The van der Waals surface area contributed by atoms with E-state index < -0.39 is 23.9 Å². The molecule has 2 aliphatic heterocycles. The number of terminal acetylenes is 1. The van der Waals surface area contributed by atoms with Gasteiger partial charge < -0.3 is 6.57 Å². The maximum absolute atomic E-state index is 14.3. The molecule has 5 atom stereocenters. The number of aliphatic imine (C=N–C) groups is 1. The van der Waals surface area contributed by atoms with Crippen LogP contribution in [0.4, 0.5) is 4.39 Å². The summed E-state index contributed by atoms with van der Waals surface area (Å²) in [4.78, 5) is 10.7. The normalized spacial score (nSPS) is 28.4. The van der Waals surface area contributed by atoms with Gasteiger partial charge in [-0.2, -0.15) is 0 Å². The van der Waals surface area contributed by atoms with Gasteiger partial charge in [0.05, 0.1) is 0 Å². The summed E-state index contributed by atoms with van der Waals surface area (Å²) in [5, 5.41) is 19.9. The first-order valence-electron chi connectivity index (χ1n) is 9.91. The number of alkyl halides is 2. The van der Waals surface area contributed by atoms with Crippen LogP contribution < -0.4 is 21.2 Å². The van der Waals surface area contributed by atoms with Crippen molar-refractivity contribution in [2.45, 2.75) is 58.6 Å². The molecule has 3 aliphatic rings. The monoisotopic (exact) mass is 508 g/mol. The molecule has 5 nitrogen and oxygen atoms in total. The number of nitriles is 1. The molecule has 3 rings (SSSR count). The molecule has 0 aromatic heterocycles. The first-order valence-corrected chi connectivity index (χ1v) is 12.4. The fraction of sp³-hybridized carbons (Fsp3) is 0.591. The summed E-state index contributed by atoms with van der Waals surface area (Å²) in [6, 6.07) is 1.61. The molecule has 29 heavy (non-hydrogen) atoms. The molecule has 2 heterocycles. The summed E-state index contributed by atoms with van der Waals surface area (Å²) in [5.74, 6) is 1.73. The van der Waals surface area contributed by atoms with Gasteiger partial charge in [-0.25, -0.2) is 0 Å². The zero-order valence-corrected chi connectivity index (χ0v) is 18.7. The Balaban J connectivity index is 1.83. The molecule has 5 unspecified atom stereocenters. The summed E-state index contributed by atoms with van der Waals surface area (Å²) < 4.78 is 15.1. The predicted octanol–water partition coefficient (Wildman–Crippen LogP) is -0.252. The zero-order valence-electron chi connectivity index (χ0n) is 16.5. The van der Waals surface area contributed by atoms with Gasteiger partial charge in [0.2, 0.25) is 0 Å². The van der Waals surface area contributed by atoms with Crippen LogP contribution >= 0.6 is 0 Å². The van der Waals surface area contributed by atoms with E-state index in [2.05, 4.69) is 22.6 Å². The summed E-state index contributed by atoms with van der Waals surface area (Å²) in [7, 11) is 0. The second-order valence-electron chi connectivity index (χ2n) is 7.71. The molecule has 1 N–H and O–H groups in total. The molecule has 154 valence electrons. The molecule has 0 spiro atoms. The van der Waals surface area contributed by atoms with Crippen molar-refractivity contribution in [2.75, 3.05) is 13.1 Å². The number of nitrogens with zero attached hydrogens (tertiary/aromatic N) is 4. The molecule has 0 amide bonds. The Kier molecular flexibility index (Phi) is 7.33. The fourth-order valence-electron chi connectivity index (χ4n) is 3.90. The predicted molar refractivity (Wildman–Crippen MR) is 108 cm³/mol. The Morgan fingerprint density at radius 2 is 2.14 bits per heavy atom. The molecule has 0 bridgehead atoms. The van der Waals surface area contributed by atoms with Crippen LogP contribution in [-0.2, 0) is 0 Å². The van der Waals surface area contributed by atoms with Gasteiger partial charge in [0.25, 0.3) is 0 Å². The van der Waals surface area contributed by atoms with E-state index >= 15 is 0 Å². The van der Waals surface area contributed by atoms with E-state index in [1.807, 2.05) is 6.07 Å². The number of aliphatic hydroxyl groups excluding tert-OH is 1. The van der Waals surface area contributed by atoms with Crippen LogP contribution in [0.5, 0.6) is 0 Å². The van der Waals surface area contributed by atoms with E-state index in [9.17, 15) is 9.50 Å². The molecular weight excluding hydrogens is 482 g/mol. The molecule has 0 aromatic carbocycles. The van der Waals surface area contributed by atoms with Crippen molar-refractivity contribution in [1.29, 1.82) is 5.26 Å². The molecule has 7 heteroatoms. The number of halogens is 2. The molecule has 0 aromatic rings. The summed E-state index contributed by atoms with van der Waals surface area (Å²) in [6.45, 7) is 9.12. The molecule has 0 radical (unpaired) electrons. The van der Waals surface area contributed by atoms with Crippen LogP contribution in [0.2, 0.25) is 0 Å². The van der Waals surface area contributed by atoms with E-state index in [1.54, 1.807) is 6.34 Å². The number of hydrogen-bond acceptors (Lipinski definition) is 3. The topological polar surface area (TPSA) is 64.0 Å². The van der Waals surface area contributed by atoms with Crippen molar-refractivity contribution in [3.63, 3.8) is 0 Å². The van der Waals surface area contributed by atoms with Gasteiger partial charge in [0.1, 0.15) is 0 Å². The maximum atomic E-state index is 14.3. The number of likely N-dealkylation sites (tertiary alicyclic amines) is 1. The van der Waals surface area contributed by atoms with E-state index in [0.29, 0.717) is 16.8 Å². The van der Waals surface area contributed by atoms with Crippen LogP contribution in [0.25, 0.3) is 4.85 Å². The van der Waals surface area contributed by atoms with Crippen LogP contribution in [0.15, 0.2) is 28.0 Å². The van der Waals surface area contributed by atoms with Gasteiger partial charge in [0, 0.05) is 0 Å². The van der Waals surface area contributed by atoms with Crippen molar-refractivity contribution >= 4 is 6.34 Å². The standard InChI is InChI=1S/C22H26FIN4O/c1-4-18(22(29)20-14(2)24-20)21(15-5-6-16(12-25)19(23)11-15)27-13-28-9-7-17(26-3)8-10-28/h1,3,11,13-14,17-18,20-22,29H,5-10H2,2H3. The number of allylic oxidation sites excluding steroid dienone is 3. The van der Waals surface area contributed by atoms with Crippen LogP contribution in [-0.4, -0.2) is 55.5 Å². The first kappa shape index (κ1) is 21.8. The van der Waals surface area contributed by atoms with E-state index in [0.717, 1.165) is 31.5 Å². The second kappa shape index (κ2) is 9.74. The van der Waals surface area contributed by atoms with E-state index in [1.165, 1.54) is 6.08 Å². The van der Waals surface area contributed by atoms with E-state index in [-0.39, 0.29) is 36.7 Å².